The number of rotatable bonds is 4. The van der Waals surface area contributed by atoms with Gasteiger partial charge in [0.25, 0.3) is 0 Å². The number of benzene rings is 4. The summed E-state index contributed by atoms with van der Waals surface area (Å²) in [7, 11) is 9.78. The summed E-state index contributed by atoms with van der Waals surface area (Å²) in [5.41, 5.74) is 8.54. The minimum atomic E-state index is -0.556. The van der Waals surface area contributed by atoms with E-state index in [1.807, 2.05) is 0 Å². The van der Waals surface area contributed by atoms with Crippen LogP contribution < -0.4 is 0 Å². The molecule has 0 amide bonds. The van der Waals surface area contributed by atoms with Crippen LogP contribution in [0.1, 0.15) is 22.3 Å². The van der Waals surface area contributed by atoms with Crippen molar-refractivity contribution in [2.45, 2.75) is 27.7 Å². The standard InChI is InChI=1S/C26H24N2.2ClH.Ti/c1-17-9-7-10-18(2)25(17)27-23-15-21-13-5-6-14-22(21)16-24(23)28-26-19(3)11-8-12-20(26)4;;;/h5-16H,1-4H3;2*1H;/q-2;;;+2/p-2. The number of nitrogens with zero attached hydrogens (tertiary/aromatic N) is 2. The Hall–Kier alpha value is -1.97. The molecule has 5 heteroatoms. The molecule has 0 saturated carbocycles. The summed E-state index contributed by atoms with van der Waals surface area (Å²) in [5, 5.41) is 12.5. The number of para-hydroxylation sites is 2. The summed E-state index contributed by atoms with van der Waals surface area (Å²) < 4.78 is 0. The van der Waals surface area contributed by atoms with Crippen molar-refractivity contribution >= 4 is 52.1 Å². The molecule has 0 fully saturated rings. The zero-order valence-electron chi connectivity index (χ0n) is 18.1. The normalized spacial score (nSPS) is 10.3. The third-order valence-corrected chi connectivity index (χ3v) is 5.19. The molecule has 0 N–H and O–H groups in total. The minimum absolute atomic E-state index is 0.556. The molecule has 0 aliphatic rings. The molecule has 0 radical (unpaired) electrons. The number of aryl methyl sites for hydroxylation is 4. The molecule has 0 aromatic heterocycles. The predicted molar refractivity (Wildman–Crippen MR) is 133 cm³/mol. The van der Waals surface area contributed by atoms with Gasteiger partial charge in [0.1, 0.15) is 0 Å². The van der Waals surface area contributed by atoms with Crippen molar-refractivity contribution in [3.63, 3.8) is 0 Å². The fourth-order valence-electron chi connectivity index (χ4n) is 3.60. The van der Waals surface area contributed by atoms with E-state index in [1.165, 1.54) is 33.0 Å². The molecule has 0 aliphatic carbocycles. The molecular weight excluding hydrogens is 459 g/mol. The van der Waals surface area contributed by atoms with E-state index >= 15 is 0 Å². The van der Waals surface area contributed by atoms with Crippen molar-refractivity contribution in [2.24, 2.45) is 0 Å². The van der Waals surface area contributed by atoms with Crippen LogP contribution in [0.4, 0.5) is 22.7 Å². The first kappa shape index (κ1) is 23.7. The second-order valence-electron chi connectivity index (χ2n) is 7.46. The van der Waals surface area contributed by atoms with Crippen LogP contribution in [0.5, 0.6) is 0 Å². The molecule has 4 rings (SSSR count). The van der Waals surface area contributed by atoms with E-state index in [-0.39, 0.29) is 0 Å². The molecule has 0 atom stereocenters. The van der Waals surface area contributed by atoms with Gasteiger partial charge in [-0.25, -0.2) is 0 Å². The Bertz CT molecular complexity index is 1060. The summed E-state index contributed by atoms with van der Waals surface area (Å²) in [5.74, 6) is 0. The van der Waals surface area contributed by atoms with Crippen LogP contribution in [0, 0.1) is 27.7 Å². The van der Waals surface area contributed by atoms with Crippen LogP contribution >= 0.6 is 18.6 Å². The molecule has 31 heavy (non-hydrogen) atoms. The summed E-state index contributed by atoms with van der Waals surface area (Å²) in [6, 6.07) is 25.2. The molecule has 4 aromatic carbocycles. The van der Waals surface area contributed by atoms with E-state index in [0.29, 0.717) is 0 Å². The van der Waals surface area contributed by atoms with Gasteiger partial charge < -0.3 is 10.6 Å². The van der Waals surface area contributed by atoms with Crippen molar-refractivity contribution in [3.05, 3.63) is 106 Å². The van der Waals surface area contributed by atoms with Crippen LogP contribution in [0.2, 0.25) is 0 Å². The maximum absolute atomic E-state index is 5.05. The number of halogens is 2. The van der Waals surface area contributed by atoms with Gasteiger partial charge in [-0.1, -0.05) is 95.1 Å². The fourth-order valence-corrected chi connectivity index (χ4v) is 3.60. The van der Waals surface area contributed by atoms with Crippen molar-refractivity contribution in [1.29, 1.82) is 0 Å². The molecule has 0 spiro atoms. The van der Waals surface area contributed by atoms with Crippen LogP contribution in [-0.4, -0.2) is 0 Å². The molecule has 4 aromatic rings. The summed E-state index contributed by atoms with van der Waals surface area (Å²) in [6.45, 7) is 8.43. The van der Waals surface area contributed by atoms with E-state index in [2.05, 4.69) is 100 Å². The SMILES string of the molecule is Cc1cccc(C)c1[N-]c1cc2ccccc2cc1[N-]c1c(C)cccc1C.[Cl][Ti][Cl]. The zero-order chi connectivity index (χ0) is 22.4. The van der Waals surface area contributed by atoms with Crippen LogP contribution in [0.25, 0.3) is 21.4 Å². The van der Waals surface area contributed by atoms with Crippen LogP contribution in [0.3, 0.4) is 0 Å². The quantitative estimate of drug-likeness (QED) is 0.259. The van der Waals surface area contributed by atoms with Gasteiger partial charge in [0.2, 0.25) is 0 Å². The Labute approximate surface area is 201 Å². The average Bonchev–Trinajstić information content (AvgIpc) is 2.74. The second-order valence-corrected chi connectivity index (χ2v) is 10.0. The topological polar surface area (TPSA) is 28.2 Å². The first-order valence-electron chi connectivity index (χ1n) is 9.99. The molecule has 0 aliphatic heterocycles. The Kier molecular flexibility index (Phi) is 8.46. The Morgan fingerprint density at radius 2 is 0.871 bits per heavy atom. The Morgan fingerprint density at radius 3 is 1.19 bits per heavy atom. The van der Waals surface area contributed by atoms with Gasteiger partial charge in [-0.2, -0.15) is 11.4 Å². The third-order valence-electron chi connectivity index (χ3n) is 5.19. The van der Waals surface area contributed by atoms with Gasteiger partial charge in [0, 0.05) is 0 Å². The Balaban J connectivity index is 0.000000858. The maximum atomic E-state index is 5.05. The van der Waals surface area contributed by atoms with Gasteiger partial charge in [-0.15, -0.1) is 11.4 Å². The van der Waals surface area contributed by atoms with Crippen molar-refractivity contribution in [3.8, 4) is 0 Å². The van der Waals surface area contributed by atoms with E-state index in [1.54, 1.807) is 0 Å². The first-order valence-corrected chi connectivity index (χ1v) is 14.3. The number of hydrogen-bond acceptors (Lipinski definition) is 0. The van der Waals surface area contributed by atoms with E-state index in [4.69, 9.17) is 29.2 Å². The summed E-state index contributed by atoms with van der Waals surface area (Å²) in [6.07, 6.45) is 0. The van der Waals surface area contributed by atoms with Gasteiger partial charge in [0.05, 0.1) is 0 Å². The van der Waals surface area contributed by atoms with Gasteiger partial charge in [0.15, 0.2) is 0 Å². The van der Waals surface area contributed by atoms with Crippen LogP contribution in [-0.2, 0) is 17.0 Å². The first-order chi connectivity index (χ1) is 14.9. The fraction of sp³-hybridized carbons (Fsp3) is 0.154. The van der Waals surface area contributed by atoms with Crippen molar-refractivity contribution in [2.75, 3.05) is 0 Å². The third kappa shape index (κ3) is 5.84. The molecule has 0 unspecified atom stereocenters. The van der Waals surface area contributed by atoms with Gasteiger partial charge in [-0.05, 0) is 38.5 Å². The molecule has 0 bridgehead atoms. The molecular formula is C26H24Cl2N2Ti-2. The van der Waals surface area contributed by atoms with Gasteiger partial charge >= 0.3 is 35.6 Å². The molecule has 0 heterocycles. The molecule has 2 nitrogen and oxygen atoms in total. The second kappa shape index (κ2) is 11.1. The number of hydrogen-bond donors (Lipinski definition) is 0. The summed E-state index contributed by atoms with van der Waals surface area (Å²) in [4.78, 5) is 0. The zero-order valence-corrected chi connectivity index (χ0v) is 21.2. The van der Waals surface area contributed by atoms with E-state index in [0.717, 1.165) is 22.7 Å². The van der Waals surface area contributed by atoms with Crippen molar-refractivity contribution in [1.82, 2.24) is 0 Å². The average molecular weight is 483 g/mol. The van der Waals surface area contributed by atoms with Crippen molar-refractivity contribution < 1.29 is 17.0 Å². The monoisotopic (exact) mass is 482 g/mol. The molecule has 0 saturated heterocycles. The number of fused-ring (bicyclic) bond motifs is 1. The predicted octanol–water partition coefficient (Wildman–Crippen LogP) is 10.1. The van der Waals surface area contributed by atoms with Gasteiger partial charge in [-0.3, -0.25) is 0 Å². The van der Waals surface area contributed by atoms with E-state index in [9.17, 15) is 0 Å². The molecule has 158 valence electrons. The Morgan fingerprint density at radius 1 is 0.548 bits per heavy atom. The van der Waals surface area contributed by atoms with Crippen LogP contribution in [0.15, 0.2) is 72.8 Å². The summed E-state index contributed by atoms with van der Waals surface area (Å²) >= 11 is -0.556. The van der Waals surface area contributed by atoms with E-state index < -0.39 is 17.0 Å².